The van der Waals surface area contributed by atoms with Gasteiger partial charge in [0.2, 0.25) is 0 Å². The van der Waals surface area contributed by atoms with Crippen LogP contribution >= 0.6 is 0 Å². The molecule has 1 atom stereocenters. The molecule has 1 unspecified atom stereocenters. The quantitative estimate of drug-likeness (QED) is 0.278. The summed E-state index contributed by atoms with van der Waals surface area (Å²) in [6, 6.07) is 6.79. The first-order valence-electron chi connectivity index (χ1n) is 11.6. The summed E-state index contributed by atoms with van der Waals surface area (Å²) in [7, 11) is 0. The third-order valence-electron chi connectivity index (χ3n) is 6.30. The van der Waals surface area contributed by atoms with Gasteiger partial charge in [-0.05, 0) is 75.9 Å². The SMILES string of the molecule is C=CC=C(CCC(CCCCCN1CCN(c2ccc(F)cc2)CC1)C(C)=O)C(=C)C. The molecule has 1 aromatic rings. The summed E-state index contributed by atoms with van der Waals surface area (Å²) < 4.78 is 13.1. The number of Topliss-reactive ketones (excluding diaryl/α,β-unsaturated/α-hetero) is 1. The largest absolute Gasteiger partial charge is 0.369 e. The molecule has 0 saturated carbocycles. The van der Waals surface area contributed by atoms with E-state index < -0.39 is 0 Å². The van der Waals surface area contributed by atoms with Crippen LogP contribution in [0.1, 0.15) is 52.4 Å². The summed E-state index contributed by atoms with van der Waals surface area (Å²) in [6.07, 6.45) is 10.0. The maximum atomic E-state index is 13.1. The number of carbonyl (C=O) groups excluding carboxylic acids is 1. The second kappa shape index (κ2) is 13.3. The Balaban J connectivity index is 1.63. The van der Waals surface area contributed by atoms with Crippen molar-refractivity contribution in [1.29, 1.82) is 0 Å². The van der Waals surface area contributed by atoms with Gasteiger partial charge in [-0.3, -0.25) is 9.69 Å². The Morgan fingerprint density at radius 2 is 1.74 bits per heavy atom. The van der Waals surface area contributed by atoms with E-state index in [1.54, 1.807) is 13.0 Å². The Morgan fingerprint density at radius 1 is 1.06 bits per heavy atom. The number of allylic oxidation sites excluding steroid dienone is 4. The van der Waals surface area contributed by atoms with E-state index in [-0.39, 0.29) is 11.7 Å². The Bertz CT molecular complexity index is 745. The molecule has 1 heterocycles. The molecule has 1 fully saturated rings. The molecule has 2 rings (SSSR count). The van der Waals surface area contributed by atoms with Crippen molar-refractivity contribution >= 4 is 11.5 Å². The summed E-state index contributed by atoms with van der Waals surface area (Å²) in [4.78, 5) is 16.9. The fraction of sp³-hybridized carbons (Fsp3) is 0.519. The fourth-order valence-corrected chi connectivity index (χ4v) is 4.25. The first-order chi connectivity index (χ1) is 14.9. The average molecular weight is 427 g/mol. The van der Waals surface area contributed by atoms with E-state index >= 15 is 0 Å². The minimum atomic E-state index is -0.182. The van der Waals surface area contributed by atoms with Gasteiger partial charge in [0.1, 0.15) is 11.6 Å². The van der Waals surface area contributed by atoms with Crippen LogP contribution in [-0.2, 0) is 4.79 Å². The van der Waals surface area contributed by atoms with Crippen molar-refractivity contribution in [2.24, 2.45) is 5.92 Å². The van der Waals surface area contributed by atoms with Crippen LogP contribution in [0.2, 0.25) is 0 Å². The van der Waals surface area contributed by atoms with Gasteiger partial charge < -0.3 is 4.90 Å². The van der Waals surface area contributed by atoms with Crippen molar-refractivity contribution in [2.75, 3.05) is 37.6 Å². The van der Waals surface area contributed by atoms with E-state index in [1.165, 1.54) is 24.1 Å². The lowest BCUT2D eigenvalue weighted by Gasteiger charge is -2.36. The molecule has 0 spiro atoms. The van der Waals surface area contributed by atoms with E-state index in [0.29, 0.717) is 5.78 Å². The number of unbranched alkanes of at least 4 members (excludes halogenated alkanes) is 2. The normalized spacial score (nSPS) is 16.2. The predicted octanol–water partition coefficient (Wildman–Crippen LogP) is 6.18. The number of benzene rings is 1. The predicted molar refractivity (Wildman–Crippen MR) is 130 cm³/mol. The van der Waals surface area contributed by atoms with Gasteiger partial charge in [-0.1, -0.05) is 43.7 Å². The first kappa shape index (κ1) is 25.1. The van der Waals surface area contributed by atoms with Crippen molar-refractivity contribution in [3.05, 3.63) is 66.5 Å². The number of piperazine rings is 1. The van der Waals surface area contributed by atoms with Crippen molar-refractivity contribution in [2.45, 2.75) is 52.4 Å². The molecule has 1 saturated heterocycles. The van der Waals surface area contributed by atoms with Crippen LogP contribution in [0.15, 0.2) is 60.7 Å². The maximum Gasteiger partial charge on any atom is 0.132 e. The third-order valence-corrected chi connectivity index (χ3v) is 6.30. The van der Waals surface area contributed by atoms with Crippen molar-refractivity contribution in [1.82, 2.24) is 4.90 Å². The highest BCUT2D eigenvalue weighted by Gasteiger charge is 2.18. The molecule has 1 aromatic carbocycles. The number of rotatable bonds is 13. The van der Waals surface area contributed by atoms with E-state index in [2.05, 4.69) is 23.0 Å². The van der Waals surface area contributed by atoms with Gasteiger partial charge in [0.25, 0.3) is 0 Å². The molecule has 0 N–H and O–H groups in total. The molecule has 31 heavy (non-hydrogen) atoms. The highest BCUT2D eigenvalue weighted by Crippen LogP contribution is 2.23. The molecule has 0 radical (unpaired) electrons. The number of hydrogen-bond donors (Lipinski definition) is 0. The zero-order valence-corrected chi connectivity index (χ0v) is 19.4. The number of hydrogen-bond acceptors (Lipinski definition) is 3. The van der Waals surface area contributed by atoms with E-state index in [0.717, 1.165) is 76.1 Å². The Kier molecular flexibility index (Phi) is 10.7. The van der Waals surface area contributed by atoms with Gasteiger partial charge in [-0.2, -0.15) is 0 Å². The highest BCUT2D eigenvalue weighted by molar-refractivity contribution is 5.78. The number of ketones is 1. The van der Waals surface area contributed by atoms with Gasteiger partial charge in [-0.15, -0.1) is 0 Å². The summed E-state index contributed by atoms with van der Waals surface area (Å²) in [5.74, 6) is 0.266. The van der Waals surface area contributed by atoms with Crippen LogP contribution in [0.3, 0.4) is 0 Å². The van der Waals surface area contributed by atoms with Gasteiger partial charge in [0.05, 0.1) is 0 Å². The smallest absolute Gasteiger partial charge is 0.132 e. The molecular weight excluding hydrogens is 387 g/mol. The number of carbonyl (C=O) groups is 1. The van der Waals surface area contributed by atoms with Crippen LogP contribution in [0.25, 0.3) is 0 Å². The standard InChI is InChI=1S/C27H39FN2O/c1-5-9-24(22(2)3)11-12-25(23(4)31)10-7-6-8-17-29-18-20-30(21-19-29)27-15-13-26(28)14-16-27/h5,9,13-16,25H,1-2,6-8,10-12,17-21H2,3-4H3. The third kappa shape index (κ3) is 8.82. The van der Waals surface area contributed by atoms with Gasteiger partial charge >= 0.3 is 0 Å². The second-order valence-corrected chi connectivity index (χ2v) is 8.71. The van der Waals surface area contributed by atoms with Crippen LogP contribution < -0.4 is 4.90 Å². The minimum absolute atomic E-state index is 0.145. The van der Waals surface area contributed by atoms with Crippen molar-refractivity contribution < 1.29 is 9.18 Å². The summed E-state index contributed by atoms with van der Waals surface area (Å²) in [5, 5.41) is 0. The van der Waals surface area contributed by atoms with Gasteiger partial charge in [-0.25, -0.2) is 4.39 Å². The lowest BCUT2D eigenvalue weighted by Crippen LogP contribution is -2.46. The van der Waals surface area contributed by atoms with Gasteiger partial charge in [0, 0.05) is 37.8 Å². The van der Waals surface area contributed by atoms with Crippen molar-refractivity contribution in [3.8, 4) is 0 Å². The lowest BCUT2D eigenvalue weighted by atomic mass is 9.89. The molecule has 0 aliphatic carbocycles. The van der Waals surface area contributed by atoms with Crippen LogP contribution in [0.4, 0.5) is 10.1 Å². The van der Waals surface area contributed by atoms with E-state index in [9.17, 15) is 9.18 Å². The summed E-state index contributed by atoms with van der Waals surface area (Å²) >= 11 is 0. The first-order valence-corrected chi connectivity index (χ1v) is 11.6. The fourth-order valence-electron chi connectivity index (χ4n) is 4.25. The lowest BCUT2D eigenvalue weighted by molar-refractivity contribution is -0.121. The summed E-state index contributed by atoms with van der Waals surface area (Å²) in [6.45, 7) is 16.7. The van der Waals surface area contributed by atoms with E-state index in [4.69, 9.17) is 0 Å². The molecule has 1 aliphatic heterocycles. The molecule has 4 heteroatoms. The van der Waals surface area contributed by atoms with Crippen LogP contribution in [-0.4, -0.2) is 43.4 Å². The molecule has 0 amide bonds. The maximum absolute atomic E-state index is 13.1. The highest BCUT2D eigenvalue weighted by atomic mass is 19.1. The summed E-state index contributed by atoms with van der Waals surface area (Å²) in [5.41, 5.74) is 3.36. The monoisotopic (exact) mass is 426 g/mol. The van der Waals surface area contributed by atoms with E-state index in [1.807, 2.05) is 25.1 Å². The van der Waals surface area contributed by atoms with Crippen molar-refractivity contribution in [3.63, 3.8) is 0 Å². The number of halogens is 1. The number of nitrogens with zero attached hydrogens (tertiary/aromatic N) is 2. The minimum Gasteiger partial charge on any atom is -0.369 e. The topological polar surface area (TPSA) is 23.6 Å². The molecule has 0 aromatic heterocycles. The zero-order chi connectivity index (χ0) is 22.6. The van der Waals surface area contributed by atoms with Crippen LogP contribution in [0.5, 0.6) is 0 Å². The van der Waals surface area contributed by atoms with Gasteiger partial charge in [0.15, 0.2) is 0 Å². The zero-order valence-electron chi connectivity index (χ0n) is 19.4. The Hall–Kier alpha value is -2.20. The van der Waals surface area contributed by atoms with Crippen LogP contribution in [0, 0.1) is 11.7 Å². The molecule has 170 valence electrons. The molecule has 0 bridgehead atoms. The molecule has 1 aliphatic rings. The number of anilines is 1. The molecular formula is C27H39FN2O. The second-order valence-electron chi connectivity index (χ2n) is 8.71. The molecule has 3 nitrogen and oxygen atoms in total. The Morgan fingerprint density at radius 3 is 2.32 bits per heavy atom. The Labute approximate surface area is 188 Å². The average Bonchev–Trinajstić information content (AvgIpc) is 2.75.